The number of nitro groups is 1. The van der Waals surface area contributed by atoms with Gasteiger partial charge in [0.1, 0.15) is 5.69 Å². The maximum absolute atomic E-state index is 13.2. The van der Waals surface area contributed by atoms with Crippen LogP contribution in [-0.2, 0) is 14.8 Å². The zero-order valence-corrected chi connectivity index (χ0v) is 17.3. The highest BCUT2D eigenvalue weighted by molar-refractivity contribution is 7.92. The number of carbonyl (C=O) groups is 1. The van der Waals surface area contributed by atoms with Crippen molar-refractivity contribution in [2.75, 3.05) is 16.2 Å². The van der Waals surface area contributed by atoms with Crippen LogP contribution in [0.2, 0.25) is 0 Å². The van der Waals surface area contributed by atoms with Gasteiger partial charge < -0.3 is 11.1 Å². The van der Waals surface area contributed by atoms with Gasteiger partial charge in [-0.15, -0.1) is 0 Å². The summed E-state index contributed by atoms with van der Waals surface area (Å²) < 4.78 is 27.5. The summed E-state index contributed by atoms with van der Waals surface area (Å²) >= 11 is 0. The molecule has 9 nitrogen and oxygen atoms in total. The van der Waals surface area contributed by atoms with Crippen molar-refractivity contribution in [3.05, 3.63) is 58.6 Å². The van der Waals surface area contributed by atoms with Crippen LogP contribution in [0.15, 0.2) is 53.4 Å². The minimum absolute atomic E-state index is 0.167. The van der Waals surface area contributed by atoms with Crippen molar-refractivity contribution >= 4 is 33.0 Å². The minimum atomic E-state index is -4.00. The Morgan fingerprint density at radius 2 is 1.93 bits per heavy atom. The quantitative estimate of drug-likeness (QED) is 0.486. The van der Waals surface area contributed by atoms with E-state index < -0.39 is 26.8 Å². The number of nitrogens with zero attached hydrogens (tertiary/aromatic N) is 2. The molecule has 1 aliphatic rings. The number of sulfonamides is 1. The highest BCUT2D eigenvalue weighted by Crippen LogP contribution is 2.34. The van der Waals surface area contributed by atoms with E-state index in [0.29, 0.717) is 18.5 Å². The number of nitro benzene ring substituents is 1. The molecule has 1 amide bonds. The van der Waals surface area contributed by atoms with Gasteiger partial charge in [0.2, 0.25) is 5.91 Å². The number of hydrogen-bond donors (Lipinski definition) is 2. The summed E-state index contributed by atoms with van der Waals surface area (Å²) in [6, 6.07) is 12.0. The fourth-order valence-corrected chi connectivity index (χ4v) is 5.33. The molecule has 1 saturated carbocycles. The SMILES string of the molecule is CCN(c1ccccc1)S(=O)(=O)c1ccc(N[C@@H]2CCC[C@H]2C(N)=O)c([N+](=O)[O-])c1. The monoisotopic (exact) mass is 432 g/mol. The van der Waals surface area contributed by atoms with Crippen molar-refractivity contribution in [3.8, 4) is 0 Å². The fraction of sp³-hybridized carbons (Fsp3) is 0.350. The van der Waals surface area contributed by atoms with Crippen molar-refractivity contribution < 1.29 is 18.1 Å². The first-order valence-electron chi connectivity index (χ1n) is 9.67. The first kappa shape index (κ1) is 21.6. The van der Waals surface area contributed by atoms with Crippen LogP contribution < -0.4 is 15.4 Å². The molecule has 0 unspecified atom stereocenters. The van der Waals surface area contributed by atoms with E-state index in [1.165, 1.54) is 16.4 Å². The second kappa shape index (κ2) is 8.70. The van der Waals surface area contributed by atoms with Gasteiger partial charge >= 0.3 is 0 Å². The third-order valence-corrected chi connectivity index (χ3v) is 7.21. The third kappa shape index (κ3) is 4.23. The molecular formula is C20H24N4O5S. The van der Waals surface area contributed by atoms with E-state index >= 15 is 0 Å². The normalized spacial score (nSPS) is 18.7. The maximum Gasteiger partial charge on any atom is 0.293 e. The molecular weight excluding hydrogens is 408 g/mol. The van der Waals surface area contributed by atoms with E-state index in [1.807, 2.05) is 0 Å². The van der Waals surface area contributed by atoms with Crippen molar-refractivity contribution in [1.82, 2.24) is 0 Å². The van der Waals surface area contributed by atoms with Gasteiger partial charge in [-0.05, 0) is 44.0 Å². The molecule has 160 valence electrons. The van der Waals surface area contributed by atoms with E-state index in [9.17, 15) is 23.3 Å². The number of benzene rings is 2. The summed E-state index contributed by atoms with van der Waals surface area (Å²) in [5.74, 6) is -0.866. The van der Waals surface area contributed by atoms with Crippen LogP contribution in [0.1, 0.15) is 26.2 Å². The van der Waals surface area contributed by atoms with Crippen molar-refractivity contribution in [3.63, 3.8) is 0 Å². The summed E-state index contributed by atoms with van der Waals surface area (Å²) in [6.07, 6.45) is 2.06. The number of rotatable bonds is 8. The molecule has 30 heavy (non-hydrogen) atoms. The molecule has 0 aromatic heterocycles. The Hall–Kier alpha value is -3.14. The number of nitrogens with one attached hydrogen (secondary N) is 1. The summed E-state index contributed by atoms with van der Waals surface area (Å²) in [5, 5.41) is 14.7. The van der Waals surface area contributed by atoms with E-state index in [-0.39, 0.29) is 28.9 Å². The van der Waals surface area contributed by atoms with Crippen molar-refractivity contribution in [2.24, 2.45) is 11.7 Å². The second-order valence-corrected chi connectivity index (χ2v) is 8.99. The summed E-state index contributed by atoms with van der Waals surface area (Å²) in [4.78, 5) is 22.5. The van der Waals surface area contributed by atoms with E-state index in [0.717, 1.165) is 12.5 Å². The number of nitrogens with two attached hydrogens (primary N) is 1. The molecule has 0 radical (unpaired) electrons. The Balaban J connectivity index is 1.96. The topological polar surface area (TPSA) is 136 Å². The Morgan fingerprint density at radius 1 is 1.23 bits per heavy atom. The number of anilines is 2. The Kier molecular flexibility index (Phi) is 6.25. The lowest BCUT2D eigenvalue weighted by molar-refractivity contribution is -0.384. The molecule has 10 heteroatoms. The average Bonchev–Trinajstić information content (AvgIpc) is 3.17. The smallest absolute Gasteiger partial charge is 0.293 e. The van der Waals surface area contributed by atoms with Crippen LogP contribution in [0.25, 0.3) is 0 Å². The zero-order chi connectivity index (χ0) is 21.9. The number of hydrogen-bond acceptors (Lipinski definition) is 6. The Labute approximate surface area is 175 Å². The molecule has 0 heterocycles. The lowest BCUT2D eigenvalue weighted by atomic mass is 10.0. The van der Waals surface area contributed by atoms with E-state index in [1.54, 1.807) is 37.3 Å². The first-order chi connectivity index (χ1) is 14.3. The Morgan fingerprint density at radius 3 is 2.53 bits per heavy atom. The number of primary amides is 1. The van der Waals surface area contributed by atoms with Crippen LogP contribution in [-0.4, -0.2) is 31.8 Å². The predicted octanol–water partition coefficient (Wildman–Crippen LogP) is 2.88. The van der Waals surface area contributed by atoms with Gasteiger partial charge in [0.25, 0.3) is 15.7 Å². The molecule has 0 aliphatic heterocycles. The minimum Gasteiger partial charge on any atom is -0.376 e. The molecule has 0 bridgehead atoms. The van der Waals surface area contributed by atoms with Gasteiger partial charge in [-0.2, -0.15) is 0 Å². The Bertz CT molecular complexity index is 1040. The first-order valence-corrected chi connectivity index (χ1v) is 11.1. The van der Waals surface area contributed by atoms with E-state index in [2.05, 4.69) is 5.32 Å². The van der Waals surface area contributed by atoms with Gasteiger partial charge in [-0.3, -0.25) is 19.2 Å². The molecule has 2 aromatic carbocycles. The predicted molar refractivity (Wildman–Crippen MR) is 114 cm³/mol. The van der Waals surface area contributed by atoms with Gasteiger partial charge in [0.05, 0.1) is 21.4 Å². The number of para-hydroxylation sites is 1. The van der Waals surface area contributed by atoms with Crippen LogP contribution in [0, 0.1) is 16.0 Å². The van der Waals surface area contributed by atoms with Crippen LogP contribution >= 0.6 is 0 Å². The highest BCUT2D eigenvalue weighted by atomic mass is 32.2. The van der Waals surface area contributed by atoms with Crippen LogP contribution in [0.4, 0.5) is 17.1 Å². The summed E-state index contributed by atoms with van der Waals surface area (Å²) in [6.45, 7) is 1.86. The summed E-state index contributed by atoms with van der Waals surface area (Å²) in [7, 11) is -4.00. The lowest BCUT2D eigenvalue weighted by Crippen LogP contribution is -2.34. The molecule has 3 N–H and O–H groups in total. The van der Waals surface area contributed by atoms with Gasteiger partial charge in [-0.1, -0.05) is 24.6 Å². The molecule has 3 rings (SSSR count). The molecule has 0 saturated heterocycles. The molecule has 2 atom stereocenters. The third-order valence-electron chi connectivity index (χ3n) is 5.31. The van der Waals surface area contributed by atoms with E-state index in [4.69, 9.17) is 5.73 Å². The van der Waals surface area contributed by atoms with Crippen molar-refractivity contribution in [2.45, 2.75) is 37.1 Å². The van der Waals surface area contributed by atoms with Crippen LogP contribution in [0.3, 0.4) is 0 Å². The standard InChI is InChI=1S/C20H24N4O5S/c1-2-23(14-7-4-3-5-8-14)30(28,29)15-11-12-18(19(13-15)24(26)27)22-17-10-6-9-16(17)20(21)25/h3-5,7-8,11-13,16-17,22H,2,6,9-10H2,1H3,(H2,21,25)/t16-,17-/m1/s1. The molecule has 2 aromatic rings. The molecule has 1 fully saturated rings. The second-order valence-electron chi connectivity index (χ2n) is 7.13. The average molecular weight is 433 g/mol. The zero-order valence-electron chi connectivity index (χ0n) is 16.5. The molecule has 1 aliphatic carbocycles. The van der Waals surface area contributed by atoms with Crippen LogP contribution in [0.5, 0.6) is 0 Å². The number of carbonyl (C=O) groups excluding carboxylic acids is 1. The maximum atomic E-state index is 13.2. The van der Waals surface area contributed by atoms with Gasteiger partial charge in [0.15, 0.2) is 0 Å². The van der Waals surface area contributed by atoms with Gasteiger partial charge in [0, 0.05) is 18.7 Å². The van der Waals surface area contributed by atoms with Gasteiger partial charge in [-0.25, -0.2) is 8.42 Å². The fourth-order valence-electron chi connectivity index (χ4n) is 3.83. The van der Waals surface area contributed by atoms with Crippen molar-refractivity contribution in [1.29, 1.82) is 0 Å². The number of amides is 1. The molecule has 0 spiro atoms. The highest BCUT2D eigenvalue weighted by Gasteiger charge is 2.33. The summed E-state index contributed by atoms with van der Waals surface area (Å²) in [5.41, 5.74) is 5.70. The lowest BCUT2D eigenvalue weighted by Gasteiger charge is -2.23. The largest absolute Gasteiger partial charge is 0.376 e.